The summed E-state index contributed by atoms with van der Waals surface area (Å²) in [7, 11) is 0. The Morgan fingerprint density at radius 3 is 2.96 bits per heavy atom. The summed E-state index contributed by atoms with van der Waals surface area (Å²) in [6, 6.07) is 7.41. The number of H-pyrrole nitrogens is 1. The molecule has 1 aromatic heterocycles. The number of benzene rings is 1. The largest absolute Gasteiger partial charge is 0.486 e. The Labute approximate surface area is 139 Å². The first-order valence-electron chi connectivity index (χ1n) is 8.26. The van der Waals surface area contributed by atoms with Crippen molar-refractivity contribution in [3.63, 3.8) is 0 Å². The van der Waals surface area contributed by atoms with Gasteiger partial charge in [-0.3, -0.25) is 9.59 Å². The van der Waals surface area contributed by atoms with Crippen molar-refractivity contribution >= 4 is 11.7 Å². The number of aromatic amines is 1. The standard InChI is InChI=1S/C18H19N3O3/c22-15-10-18(24-16-5-2-1-4-13(15)16)6-3-8-21(9-7-18)17(23)14-11-19-12-20-14/h1-2,4-5,11-12H,3,6-10H2,(H,19,20). The molecule has 3 heterocycles. The van der Waals surface area contributed by atoms with Crippen LogP contribution in [-0.4, -0.2) is 45.2 Å². The van der Waals surface area contributed by atoms with Crippen LogP contribution in [0.25, 0.3) is 0 Å². The van der Waals surface area contributed by atoms with Gasteiger partial charge >= 0.3 is 0 Å². The fourth-order valence-electron chi connectivity index (χ4n) is 3.64. The molecule has 2 aliphatic heterocycles. The molecule has 0 aliphatic carbocycles. The molecule has 1 spiro atoms. The molecule has 124 valence electrons. The van der Waals surface area contributed by atoms with Crippen LogP contribution in [0.3, 0.4) is 0 Å². The lowest BCUT2D eigenvalue weighted by atomic mass is 9.84. The smallest absolute Gasteiger partial charge is 0.271 e. The number of fused-ring (bicyclic) bond motifs is 1. The van der Waals surface area contributed by atoms with E-state index in [-0.39, 0.29) is 11.7 Å². The molecule has 0 radical (unpaired) electrons. The zero-order valence-corrected chi connectivity index (χ0v) is 13.3. The average Bonchev–Trinajstić information content (AvgIpc) is 3.05. The van der Waals surface area contributed by atoms with Gasteiger partial charge in [-0.2, -0.15) is 0 Å². The fourth-order valence-corrected chi connectivity index (χ4v) is 3.64. The molecule has 1 amide bonds. The first kappa shape index (κ1) is 14.9. The maximum atomic E-state index is 12.5. The number of ketones is 1. The minimum atomic E-state index is -0.492. The summed E-state index contributed by atoms with van der Waals surface area (Å²) in [5, 5.41) is 0. The molecular formula is C18H19N3O3. The van der Waals surface area contributed by atoms with Crippen LogP contribution in [0.2, 0.25) is 0 Å². The molecule has 1 fully saturated rings. The maximum absolute atomic E-state index is 12.5. The van der Waals surface area contributed by atoms with Gasteiger partial charge in [0.25, 0.3) is 5.91 Å². The summed E-state index contributed by atoms with van der Waals surface area (Å²) in [5.41, 5.74) is 0.670. The van der Waals surface area contributed by atoms with Gasteiger partial charge in [0.15, 0.2) is 5.78 Å². The lowest BCUT2D eigenvalue weighted by molar-refractivity contribution is 0.0300. The van der Waals surface area contributed by atoms with Crippen molar-refractivity contribution in [1.29, 1.82) is 0 Å². The first-order chi connectivity index (χ1) is 11.7. The van der Waals surface area contributed by atoms with E-state index in [1.807, 2.05) is 29.2 Å². The molecule has 1 saturated heterocycles. The van der Waals surface area contributed by atoms with Gasteiger partial charge < -0.3 is 14.6 Å². The van der Waals surface area contributed by atoms with Crippen molar-refractivity contribution in [1.82, 2.24) is 14.9 Å². The van der Waals surface area contributed by atoms with E-state index in [1.54, 1.807) is 6.20 Å². The number of nitrogens with zero attached hydrogens (tertiary/aromatic N) is 2. The number of amides is 1. The number of carbonyl (C=O) groups is 2. The van der Waals surface area contributed by atoms with E-state index in [0.717, 1.165) is 12.8 Å². The van der Waals surface area contributed by atoms with E-state index in [4.69, 9.17) is 4.74 Å². The SMILES string of the molecule is O=C1CC2(CCCN(C(=O)c3cnc[nH]3)CC2)Oc2ccccc21. The van der Waals surface area contributed by atoms with E-state index < -0.39 is 5.60 Å². The number of likely N-dealkylation sites (tertiary alicyclic amines) is 1. The zero-order chi connectivity index (χ0) is 16.6. The molecule has 1 atom stereocenters. The molecule has 1 N–H and O–H groups in total. The van der Waals surface area contributed by atoms with Gasteiger partial charge in [-0.05, 0) is 25.0 Å². The van der Waals surface area contributed by atoms with E-state index in [9.17, 15) is 9.59 Å². The van der Waals surface area contributed by atoms with Gasteiger partial charge in [0.05, 0.1) is 24.5 Å². The van der Waals surface area contributed by atoms with E-state index in [2.05, 4.69) is 9.97 Å². The number of para-hydroxylation sites is 1. The van der Waals surface area contributed by atoms with Crippen molar-refractivity contribution in [3.05, 3.63) is 48.0 Å². The number of hydrogen-bond acceptors (Lipinski definition) is 4. The van der Waals surface area contributed by atoms with Crippen LogP contribution in [-0.2, 0) is 0 Å². The Bertz CT molecular complexity index is 772. The normalized spacial score (nSPS) is 23.5. The molecule has 24 heavy (non-hydrogen) atoms. The number of imidazole rings is 1. The summed E-state index contributed by atoms with van der Waals surface area (Å²) in [6.07, 6.45) is 5.68. The fraction of sp³-hybridized carbons (Fsp3) is 0.389. The minimum absolute atomic E-state index is 0.0490. The molecule has 6 heteroatoms. The van der Waals surface area contributed by atoms with Gasteiger partial charge in [-0.15, -0.1) is 0 Å². The van der Waals surface area contributed by atoms with Gasteiger partial charge in [-0.25, -0.2) is 4.98 Å². The van der Waals surface area contributed by atoms with Crippen LogP contribution in [0.15, 0.2) is 36.8 Å². The van der Waals surface area contributed by atoms with Gasteiger partial charge in [0.1, 0.15) is 17.0 Å². The third-order valence-corrected chi connectivity index (χ3v) is 4.91. The number of aromatic nitrogens is 2. The zero-order valence-electron chi connectivity index (χ0n) is 13.3. The van der Waals surface area contributed by atoms with E-state index in [0.29, 0.717) is 42.9 Å². The molecule has 0 saturated carbocycles. The highest BCUT2D eigenvalue weighted by molar-refractivity contribution is 6.00. The summed E-state index contributed by atoms with van der Waals surface area (Å²) in [6.45, 7) is 1.24. The summed E-state index contributed by atoms with van der Waals surface area (Å²) >= 11 is 0. The van der Waals surface area contributed by atoms with E-state index >= 15 is 0 Å². The van der Waals surface area contributed by atoms with Gasteiger partial charge in [0, 0.05) is 19.5 Å². The third kappa shape index (κ3) is 2.58. The number of nitrogens with one attached hydrogen (secondary N) is 1. The van der Waals surface area contributed by atoms with Crippen molar-refractivity contribution in [2.45, 2.75) is 31.3 Å². The Morgan fingerprint density at radius 1 is 1.25 bits per heavy atom. The van der Waals surface area contributed by atoms with Gasteiger partial charge in [-0.1, -0.05) is 12.1 Å². The predicted molar refractivity (Wildman–Crippen MR) is 87.1 cm³/mol. The summed E-state index contributed by atoms with van der Waals surface area (Å²) in [4.78, 5) is 33.6. The molecule has 1 unspecified atom stereocenters. The third-order valence-electron chi connectivity index (χ3n) is 4.91. The molecule has 0 bridgehead atoms. The molecular weight excluding hydrogens is 306 g/mol. The van der Waals surface area contributed by atoms with Crippen molar-refractivity contribution in [2.75, 3.05) is 13.1 Å². The highest BCUT2D eigenvalue weighted by Gasteiger charge is 2.42. The quantitative estimate of drug-likeness (QED) is 0.874. The Hall–Kier alpha value is -2.63. The molecule has 4 rings (SSSR count). The van der Waals surface area contributed by atoms with Crippen molar-refractivity contribution in [2.24, 2.45) is 0 Å². The molecule has 1 aromatic carbocycles. The summed E-state index contributed by atoms with van der Waals surface area (Å²) < 4.78 is 6.25. The van der Waals surface area contributed by atoms with Crippen LogP contribution in [0.4, 0.5) is 0 Å². The number of hydrogen-bond donors (Lipinski definition) is 1. The monoisotopic (exact) mass is 325 g/mol. The maximum Gasteiger partial charge on any atom is 0.271 e. The highest BCUT2D eigenvalue weighted by atomic mass is 16.5. The van der Waals surface area contributed by atoms with Gasteiger partial charge in [0.2, 0.25) is 0 Å². The van der Waals surface area contributed by atoms with E-state index in [1.165, 1.54) is 6.33 Å². The highest BCUT2D eigenvalue weighted by Crippen LogP contribution is 2.39. The second kappa shape index (κ2) is 5.78. The van der Waals surface area contributed by atoms with Crippen LogP contribution in [0.1, 0.15) is 46.5 Å². The molecule has 2 aliphatic rings. The second-order valence-corrected chi connectivity index (χ2v) is 6.49. The Balaban J connectivity index is 1.53. The minimum Gasteiger partial charge on any atom is -0.486 e. The average molecular weight is 325 g/mol. The Morgan fingerprint density at radius 2 is 2.12 bits per heavy atom. The number of ether oxygens (including phenoxy) is 1. The lowest BCUT2D eigenvalue weighted by Gasteiger charge is -2.37. The number of Topliss-reactive ketones (excluding diaryl/α,β-unsaturated/α-hetero) is 1. The Kier molecular flexibility index (Phi) is 3.59. The molecule has 6 nitrogen and oxygen atoms in total. The van der Waals surface area contributed by atoms with Crippen LogP contribution < -0.4 is 4.74 Å². The van der Waals surface area contributed by atoms with Crippen LogP contribution >= 0.6 is 0 Å². The van der Waals surface area contributed by atoms with Crippen LogP contribution in [0, 0.1) is 0 Å². The number of rotatable bonds is 1. The topological polar surface area (TPSA) is 75.3 Å². The molecule has 2 aromatic rings. The lowest BCUT2D eigenvalue weighted by Crippen LogP contribution is -2.43. The van der Waals surface area contributed by atoms with Crippen LogP contribution in [0.5, 0.6) is 5.75 Å². The van der Waals surface area contributed by atoms with Crippen molar-refractivity contribution in [3.8, 4) is 5.75 Å². The second-order valence-electron chi connectivity index (χ2n) is 6.49. The predicted octanol–water partition coefficient (Wildman–Crippen LogP) is 2.44. The number of carbonyl (C=O) groups excluding carboxylic acids is 2. The first-order valence-corrected chi connectivity index (χ1v) is 8.26. The van der Waals surface area contributed by atoms with Crippen molar-refractivity contribution < 1.29 is 14.3 Å². The summed E-state index contributed by atoms with van der Waals surface area (Å²) in [5.74, 6) is 0.749.